The quantitative estimate of drug-likeness (QED) is 0.728. The van der Waals surface area contributed by atoms with Crippen LogP contribution >= 0.6 is 11.6 Å². The van der Waals surface area contributed by atoms with Crippen molar-refractivity contribution in [3.63, 3.8) is 0 Å². The first kappa shape index (κ1) is 17.9. The molecule has 6 heteroatoms. The van der Waals surface area contributed by atoms with Crippen LogP contribution < -0.4 is 10.9 Å². The van der Waals surface area contributed by atoms with Gasteiger partial charge in [0.15, 0.2) is 0 Å². The zero-order chi connectivity index (χ0) is 18.4. The molecule has 0 bridgehead atoms. The molecule has 26 heavy (non-hydrogen) atoms. The maximum absolute atomic E-state index is 12.3. The van der Waals surface area contributed by atoms with E-state index in [9.17, 15) is 9.59 Å². The average molecular weight is 368 g/mol. The lowest BCUT2D eigenvalue weighted by molar-refractivity contribution is 0.0946. The molecule has 1 amide bonds. The van der Waals surface area contributed by atoms with E-state index in [2.05, 4.69) is 10.4 Å². The molecule has 0 radical (unpaired) electrons. The van der Waals surface area contributed by atoms with E-state index in [4.69, 9.17) is 11.6 Å². The lowest BCUT2D eigenvalue weighted by atomic mass is 10.1. The predicted octanol–water partition coefficient (Wildman–Crippen LogP) is 2.92. The molecule has 1 heterocycles. The highest BCUT2D eigenvalue weighted by atomic mass is 35.5. The van der Waals surface area contributed by atoms with Crippen LogP contribution in [0, 0.1) is 0 Å². The standard InChI is InChI=1S/C20H18ClN3O2/c21-17-8-4-7-15(13-17)11-12-22-20(26)18-9-10-19(25)24(23-18)14-16-5-2-1-3-6-16/h1-10,13H,11-12,14H2,(H,22,26). The third-order valence-electron chi connectivity index (χ3n) is 3.86. The lowest BCUT2D eigenvalue weighted by Crippen LogP contribution is -2.30. The molecule has 3 aromatic rings. The Balaban J connectivity index is 1.64. The first-order valence-corrected chi connectivity index (χ1v) is 8.64. The second-order valence-electron chi connectivity index (χ2n) is 5.84. The number of benzene rings is 2. The molecule has 0 saturated carbocycles. The molecule has 0 aliphatic heterocycles. The van der Waals surface area contributed by atoms with Gasteiger partial charge in [0.1, 0.15) is 5.69 Å². The summed E-state index contributed by atoms with van der Waals surface area (Å²) >= 11 is 5.95. The summed E-state index contributed by atoms with van der Waals surface area (Å²) in [6.07, 6.45) is 0.663. The molecule has 0 atom stereocenters. The Kier molecular flexibility index (Phi) is 5.81. The van der Waals surface area contributed by atoms with E-state index < -0.39 is 0 Å². The van der Waals surface area contributed by atoms with Gasteiger partial charge in [0.25, 0.3) is 11.5 Å². The van der Waals surface area contributed by atoms with E-state index in [-0.39, 0.29) is 17.2 Å². The summed E-state index contributed by atoms with van der Waals surface area (Å²) in [5, 5.41) is 7.67. The van der Waals surface area contributed by atoms with Gasteiger partial charge in [0, 0.05) is 17.6 Å². The van der Waals surface area contributed by atoms with Gasteiger partial charge in [-0.15, -0.1) is 0 Å². The van der Waals surface area contributed by atoms with E-state index in [0.717, 1.165) is 11.1 Å². The minimum absolute atomic E-state index is 0.214. The molecule has 0 fully saturated rings. The van der Waals surface area contributed by atoms with Gasteiger partial charge >= 0.3 is 0 Å². The molecule has 2 aromatic carbocycles. The summed E-state index contributed by atoms with van der Waals surface area (Å²) in [4.78, 5) is 24.3. The molecule has 132 valence electrons. The summed E-state index contributed by atoms with van der Waals surface area (Å²) in [7, 11) is 0. The minimum Gasteiger partial charge on any atom is -0.350 e. The lowest BCUT2D eigenvalue weighted by Gasteiger charge is -2.08. The first-order valence-electron chi connectivity index (χ1n) is 8.26. The first-order chi connectivity index (χ1) is 12.6. The molecule has 5 nitrogen and oxygen atoms in total. The van der Waals surface area contributed by atoms with Crippen LogP contribution in [-0.2, 0) is 13.0 Å². The zero-order valence-electron chi connectivity index (χ0n) is 14.1. The molecule has 0 aliphatic rings. The van der Waals surface area contributed by atoms with Crippen molar-refractivity contribution < 1.29 is 4.79 Å². The Morgan fingerprint density at radius 3 is 2.54 bits per heavy atom. The highest BCUT2D eigenvalue weighted by molar-refractivity contribution is 6.30. The summed E-state index contributed by atoms with van der Waals surface area (Å²) in [5.41, 5.74) is 1.95. The summed E-state index contributed by atoms with van der Waals surface area (Å²) < 4.78 is 1.29. The molecule has 0 spiro atoms. The number of carbonyl (C=O) groups excluding carboxylic acids is 1. The third kappa shape index (κ3) is 4.80. The van der Waals surface area contributed by atoms with Crippen LogP contribution in [0.25, 0.3) is 0 Å². The molecule has 0 unspecified atom stereocenters. The van der Waals surface area contributed by atoms with Crippen molar-refractivity contribution in [1.82, 2.24) is 15.1 Å². The molecular formula is C20H18ClN3O2. The fourth-order valence-electron chi connectivity index (χ4n) is 2.54. The van der Waals surface area contributed by atoms with Crippen molar-refractivity contribution in [3.05, 3.63) is 98.9 Å². The Hall–Kier alpha value is -2.92. The Labute approximate surface area is 156 Å². The number of aromatic nitrogens is 2. The Morgan fingerprint density at radius 2 is 1.77 bits per heavy atom. The van der Waals surface area contributed by atoms with E-state index in [0.29, 0.717) is 24.5 Å². The highest BCUT2D eigenvalue weighted by Crippen LogP contribution is 2.10. The molecule has 1 N–H and O–H groups in total. The summed E-state index contributed by atoms with van der Waals surface area (Å²) in [6, 6.07) is 19.8. The fourth-order valence-corrected chi connectivity index (χ4v) is 2.76. The van der Waals surface area contributed by atoms with Gasteiger partial charge in [-0.25, -0.2) is 4.68 Å². The average Bonchev–Trinajstić information content (AvgIpc) is 2.64. The van der Waals surface area contributed by atoms with Gasteiger partial charge in [-0.2, -0.15) is 5.10 Å². The van der Waals surface area contributed by atoms with Crippen molar-refractivity contribution in [1.29, 1.82) is 0 Å². The van der Waals surface area contributed by atoms with Gasteiger partial charge in [-0.1, -0.05) is 54.1 Å². The van der Waals surface area contributed by atoms with Crippen LogP contribution in [-0.4, -0.2) is 22.2 Å². The van der Waals surface area contributed by atoms with Gasteiger partial charge < -0.3 is 5.32 Å². The van der Waals surface area contributed by atoms with Crippen LogP contribution in [0.1, 0.15) is 21.6 Å². The Morgan fingerprint density at radius 1 is 1.00 bits per heavy atom. The normalized spacial score (nSPS) is 10.5. The smallest absolute Gasteiger partial charge is 0.271 e. The number of nitrogens with one attached hydrogen (secondary N) is 1. The number of hydrogen-bond donors (Lipinski definition) is 1. The van der Waals surface area contributed by atoms with Crippen LogP contribution in [0.3, 0.4) is 0 Å². The van der Waals surface area contributed by atoms with Gasteiger partial charge in [-0.05, 0) is 35.7 Å². The SMILES string of the molecule is O=C(NCCc1cccc(Cl)c1)c1ccc(=O)n(Cc2ccccc2)n1. The molecule has 3 rings (SSSR count). The van der Waals surface area contributed by atoms with Crippen molar-refractivity contribution in [2.75, 3.05) is 6.54 Å². The van der Waals surface area contributed by atoms with Crippen LogP contribution in [0.5, 0.6) is 0 Å². The monoisotopic (exact) mass is 367 g/mol. The number of nitrogens with zero attached hydrogens (tertiary/aromatic N) is 2. The van der Waals surface area contributed by atoms with Crippen molar-refractivity contribution in [2.24, 2.45) is 0 Å². The van der Waals surface area contributed by atoms with E-state index in [1.54, 1.807) is 0 Å². The van der Waals surface area contributed by atoms with E-state index in [1.807, 2.05) is 54.6 Å². The van der Waals surface area contributed by atoms with Crippen molar-refractivity contribution in [2.45, 2.75) is 13.0 Å². The minimum atomic E-state index is -0.311. The van der Waals surface area contributed by atoms with Gasteiger partial charge in [0.05, 0.1) is 6.54 Å². The second kappa shape index (κ2) is 8.45. The molecular weight excluding hydrogens is 350 g/mol. The van der Waals surface area contributed by atoms with Crippen LogP contribution in [0.15, 0.2) is 71.5 Å². The fraction of sp³-hybridized carbons (Fsp3) is 0.150. The summed E-state index contributed by atoms with van der Waals surface area (Å²) in [5.74, 6) is -0.311. The molecule has 0 aliphatic carbocycles. The highest BCUT2D eigenvalue weighted by Gasteiger charge is 2.09. The van der Waals surface area contributed by atoms with Crippen molar-refractivity contribution >= 4 is 17.5 Å². The maximum Gasteiger partial charge on any atom is 0.271 e. The van der Waals surface area contributed by atoms with E-state index >= 15 is 0 Å². The summed E-state index contributed by atoms with van der Waals surface area (Å²) in [6.45, 7) is 0.780. The Bertz CT molecular complexity index is 955. The zero-order valence-corrected chi connectivity index (χ0v) is 14.8. The number of halogens is 1. The van der Waals surface area contributed by atoms with Crippen LogP contribution in [0.2, 0.25) is 5.02 Å². The topological polar surface area (TPSA) is 64.0 Å². The van der Waals surface area contributed by atoms with Gasteiger partial charge in [-0.3, -0.25) is 9.59 Å². The number of carbonyl (C=O) groups is 1. The van der Waals surface area contributed by atoms with Crippen LogP contribution in [0.4, 0.5) is 0 Å². The number of hydrogen-bond acceptors (Lipinski definition) is 3. The number of amides is 1. The molecule has 1 aromatic heterocycles. The second-order valence-corrected chi connectivity index (χ2v) is 6.27. The number of rotatable bonds is 6. The van der Waals surface area contributed by atoms with Crippen molar-refractivity contribution in [3.8, 4) is 0 Å². The molecule has 0 saturated heterocycles. The van der Waals surface area contributed by atoms with Gasteiger partial charge in [0.2, 0.25) is 0 Å². The maximum atomic E-state index is 12.3. The van der Waals surface area contributed by atoms with E-state index in [1.165, 1.54) is 16.8 Å². The third-order valence-corrected chi connectivity index (χ3v) is 4.10. The predicted molar refractivity (Wildman–Crippen MR) is 102 cm³/mol. The largest absolute Gasteiger partial charge is 0.350 e.